The quantitative estimate of drug-likeness (QED) is 0.852. The van der Waals surface area contributed by atoms with Crippen LogP contribution >= 0.6 is 0 Å². The number of aliphatic hydroxyl groups is 1. The number of ether oxygens (including phenoxy) is 1. The molecule has 2 aromatic rings. The summed E-state index contributed by atoms with van der Waals surface area (Å²) in [6.45, 7) is 5.19. The van der Waals surface area contributed by atoms with Gasteiger partial charge in [0.25, 0.3) is 0 Å². The summed E-state index contributed by atoms with van der Waals surface area (Å²) in [6.07, 6.45) is 1.25. The highest BCUT2D eigenvalue weighted by Gasteiger charge is 2.13. The van der Waals surface area contributed by atoms with Gasteiger partial charge in [-0.25, -0.2) is 0 Å². The molecule has 1 heterocycles. The molecule has 5 heteroatoms. The van der Waals surface area contributed by atoms with Crippen LogP contribution in [-0.4, -0.2) is 28.5 Å². The molecule has 1 unspecified atom stereocenters. The molecule has 2 N–H and O–H groups in total. The third-order valence-corrected chi connectivity index (χ3v) is 3.73. The molecule has 0 saturated carbocycles. The molecule has 21 heavy (non-hydrogen) atoms. The average Bonchev–Trinajstić information content (AvgIpc) is 2.79. The number of hydrogen-bond donors (Lipinski definition) is 2. The maximum absolute atomic E-state index is 10.3. The Balaban J connectivity index is 1.97. The van der Waals surface area contributed by atoms with Crippen molar-refractivity contribution in [2.75, 3.05) is 13.7 Å². The predicted octanol–water partition coefficient (Wildman–Crippen LogP) is 1.87. The normalized spacial score (nSPS) is 12.4. The van der Waals surface area contributed by atoms with Gasteiger partial charge in [0.1, 0.15) is 5.75 Å². The molecule has 0 radical (unpaired) electrons. The second kappa shape index (κ2) is 6.74. The van der Waals surface area contributed by atoms with Crippen molar-refractivity contribution in [3.8, 4) is 5.75 Å². The molecule has 0 aliphatic heterocycles. The predicted molar refractivity (Wildman–Crippen MR) is 82.3 cm³/mol. The summed E-state index contributed by atoms with van der Waals surface area (Å²) >= 11 is 0. The van der Waals surface area contributed by atoms with Gasteiger partial charge in [-0.3, -0.25) is 4.68 Å². The van der Waals surface area contributed by atoms with E-state index >= 15 is 0 Å². The first-order chi connectivity index (χ1) is 10.0. The fourth-order valence-electron chi connectivity index (χ4n) is 2.29. The van der Waals surface area contributed by atoms with Crippen molar-refractivity contribution in [2.24, 2.45) is 7.05 Å². The van der Waals surface area contributed by atoms with Crippen LogP contribution in [0.2, 0.25) is 0 Å². The van der Waals surface area contributed by atoms with Gasteiger partial charge in [-0.1, -0.05) is 11.6 Å². The van der Waals surface area contributed by atoms with Crippen LogP contribution in [-0.2, 0) is 13.6 Å². The molecule has 0 aliphatic rings. The molecule has 5 nitrogen and oxygen atoms in total. The van der Waals surface area contributed by atoms with Gasteiger partial charge in [-0.2, -0.15) is 5.10 Å². The minimum absolute atomic E-state index is 0.466. The van der Waals surface area contributed by atoms with Gasteiger partial charge >= 0.3 is 0 Å². The van der Waals surface area contributed by atoms with E-state index in [1.807, 2.05) is 50.0 Å². The average molecular weight is 289 g/mol. The summed E-state index contributed by atoms with van der Waals surface area (Å²) in [5.74, 6) is 0.715. The smallest absolute Gasteiger partial charge is 0.124 e. The highest BCUT2D eigenvalue weighted by molar-refractivity contribution is 5.38. The molecule has 0 spiro atoms. The third-order valence-electron chi connectivity index (χ3n) is 3.73. The van der Waals surface area contributed by atoms with E-state index in [-0.39, 0.29) is 0 Å². The Kier molecular flexibility index (Phi) is 4.98. The van der Waals surface area contributed by atoms with E-state index in [1.54, 1.807) is 7.11 Å². The van der Waals surface area contributed by atoms with Crippen LogP contribution in [0.1, 0.15) is 28.5 Å². The molecule has 1 aromatic heterocycles. The lowest BCUT2D eigenvalue weighted by Gasteiger charge is -2.16. The van der Waals surface area contributed by atoms with E-state index in [2.05, 4.69) is 10.4 Å². The third kappa shape index (κ3) is 3.62. The van der Waals surface area contributed by atoms with Crippen molar-refractivity contribution >= 4 is 0 Å². The van der Waals surface area contributed by atoms with Crippen molar-refractivity contribution in [3.63, 3.8) is 0 Å². The number of hydrogen-bond acceptors (Lipinski definition) is 4. The number of nitrogens with one attached hydrogen (secondary N) is 1. The maximum Gasteiger partial charge on any atom is 0.124 e. The van der Waals surface area contributed by atoms with Gasteiger partial charge in [0.2, 0.25) is 0 Å². The molecule has 0 saturated heterocycles. The van der Waals surface area contributed by atoms with Crippen LogP contribution in [0.3, 0.4) is 0 Å². The number of aliphatic hydroxyl groups excluding tert-OH is 1. The highest BCUT2D eigenvalue weighted by Crippen LogP contribution is 2.25. The Morgan fingerprint density at radius 3 is 2.76 bits per heavy atom. The second-order valence-corrected chi connectivity index (χ2v) is 5.27. The Morgan fingerprint density at radius 1 is 1.38 bits per heavy atom. The molecule has 0 bridgehead atoms. The summed E-state index contributed by atoms with van der Waals surface area (Å²) in [4.78, 5) is 0. The van der Waals surface area contributed by atoms with Gasteiger partial charge in [-0.15, -0.1) is 0 Å². The molecule has 1 aromatic carbocycles. The zero-order valence-electron chi connectivity index (χ0n) is 13.1. The van der Waals surface area contributed by atoms with Crippen LogP contribution in [0, 0.1) is 13.8 Å². The molecular weight excluding hydrogens is 266 g/mol. The van der Waals surface area contributed by atoms with E-state index in [0.717, 1.165) is 22.4 Å². The van der Waals surface area contributed by atoms with Crippen molar-refractivity contribution in [3.05, 3.63) is 46.8 Å². The molecular formula is C16H23N3O2. The molecule has 2 rings (SSSR count). The molecule has 0 aliphatic carbocycles. The molecule has 114 valence electrons. The van der Waals surface area contributed by atoms with Crippen LogP contribution in [0.25, 0.3) is 0 Å². The van der Waals surface area contributed by atoms with Crippen LogP contribution < -0.4 is 10.1 Å². The van der Waals surface area contributed by atoms with E-state index in [0.29, 0.717) is 18.8 Å². The van der Waals surface area contributed by atoms with Gasteiger partial charge < -0.3 is 15.2 Å². The fraction of sp³-hybridized carbons (Fsp3) is 0.438. The van der Waals surface area contributed by atoms with Crippen LogP contribution in [0.4, 0.5) is 0 Å². The van der Waals surface area contributed by atoms with Crippen LogP contribution in [0.5, 0.6) is 5.75 Å². The zero-order valence-corrected chi connectivity index (χ0v) is 13.1. The van der Waals surface area contributed by atoms with Crippen molar-refractivity contribution in [1.82, 2.24) is 15.1 Å². The summed E-state index contributed by atoms with van der Waals surface area (Å²) in [6, 6.07) is 5.82. The first kappa shape index (κ1) is 15.5. The van der Waals surface area contributed by atoms with E-state index in [9.17, 15) is 5.11 Å². The van der Waals surface area contributed by atoms with E-state index in [4.69, 9.17) is 4.74 Å². The number of benzene rings is 1. The van der Waals surface area contributed by atoms with Crippen molar-refractivity contribution in [1.29, 1.82) is 0 Å². The summed E-state index contributed by atoms with van der Waals surface area (Å²) in [7, 11) is 3.54. The van der Waals surface area contributed by atoms with E-state index < -0.39 is 6.10 Å². The Hall–Kier alpha value is -1.85. The summed E-state index contributed by atoms with van der Waals surface area (Å²) < 4.78 is 7.15. The number of aromatic nitrogens is 2. The zero-order chi connectivity index (χ0) is 15.4. The monoisotopic (exact) mass is 289 g/mol. The minimum Gasteiger partial charge on any atom is -0.496 e. The lowest BCUT2D eigenvalue weighted by atomic mass is 10.1. The lowest BCUT2D eigenvalue weighted by Crippen LogP contribution is -2.21. The minimum atomic E-state index is -0.600. The number of aryl methyl sites for hydroxylation is 2. The standard InChI is InChI=1S/C16H23N3O2/c1-11-5-6-16(21-4)14(7-11)15(20)10-17-8-13-9-18-19(3)12(13)2/h5-7,9,15,17,20H,8,10H2,1-4H3. The Morgan fingerprint density at radius 2 is 2.14 bits per heavy atom. The summed E-state index contributed by atoms with van der Waals surface area (Å²) in [5.41, 5.74) is 4.19. The fourth-order valence-corrected chi connectivity index (χ4v) is 2.29. The SMILES string of the molecule is COc1ccc(C)cc1C(O)CNCc1cnn(C)c1C. The van der Waals surface area contributed by atoms with Crippen molar-refractivity contribution in [2.45, 2.75) is 26.5 Å². The van der Waals surface area contributed by atoms with Gasteiger partial charge in [-0.05, 0) is 26.0 Å². The maximum atomic E-state index is 10.3. The largest absolute Gasteiger partial charge is 0.496 e. The molecule has 0 fully saturated rings. The van der Waals surface area contributed by atoms with Crippen molar-refractivity contribution < 1.29 is 9.84 Å². The highest BCUT2D eigenvalue weighted by atomic mass is 16.5. The second-order valence-electron chi connectivity index (χ2n) is 5.27. The van der Waals surface area contributed by atoms with Crippen LogP contribution in [0.15, 0.2) is 24.4 Å². The molecule has 1 atom stereocenters. The topological polar surface area (TPSA) is 59.3 Å². The van der Waals surface area contributed by atoms with E-state index in [1.165, 1.54) is 0 Å². The number of rotatable bonds is 6. The van der Waals surface area contributed by atoms with Gasteiger partial charge in [0, 0.05) is 37.0 Å². The Labute approximate surface area is 125 Å². The Bertz CT molecular complexity index is 608. The first-order valence-electron chi connectivity index (χ1n) is 7.03. The number of nitrogens with zero attached hydrogens (tertiary/aromatic N) is 2. The lowest BCUT2D eigenvalue weighted by molar-refractivity contribution is 0.170. The van der Waals surface area contributed by atoms with Gasteiger partial charge in [0.05, 0.1) is 19.4 Å². The van der Waals surface area contributed by atoms with Gasteiger partial charge in [0.15, 0.2) is 0 Å². The molecule has 0 amide bonds. The first-order valence-corrected chi connectivity index (χ1v) is 7.03. The summed E-state index contributed by atoms with van der Waals surface area (Å²) in [5, 5.41) is 17.8. The number of methoxy groups -OCH3 is 1.